The van der Waals surface area contributed by atoms with Gasteiger partial charge in [0.2, 0.25) is 0 Å². The van der Waals surface area contributed by atoms with E-state index >= 15 is 0 Å². The lowest BCUT2D eigenvalue weighted by Crippen LogP contribution is -2.50. The summed E-state index contributed by atoms with van der Waals surface area (Å²) < 4.78 is 16.3. The molecule has 0 radical (unpaired) electrons. The van der Waals surface area contributed by atoms with Crippen molar-refractivity contribution in [3.63, 3.8) is 0 Å². The van der Waals surface area contributed by atoms with Gasteiger partial charge in [-0.1, -0.05) is 13.8 Å². The topological polar surface area (TPSA) is 60.0 Å². The van der Waals surface area contributed by atoms with Crippen molar-refractivity contribution in [2.24, 2.45) is 0 Å². The number of hydrogen-bond donors (Lipinski definition) is 2. The summed E-state index contributed by atoms with van der Waals surface area (Å²) in [7, 11) is 1.70. The lowest BCUT2D eigenvalue weighted by Gasteiger charge is -2.31. The predicted octanol–water partition coefficient (Wildman–Crippen LogP) is 1.34. The molecule has 2 atom stereocenters. The van der Waals surface area contributed by atoms with Crippen LogP contribution in [0.15, 0.2) is 0 Å². The van der Waals surface area contributed by atoms with Crippen molar-refractivity contribution >= 4 is 0 Å². The molecular weight excluding hydrogens is 258 g/mol. The van der Waals surface area contributed by atoms with Crippen LogP contribution >= 0.6 is 0 Å². The van der Waals surface area contributed by atoms with E-state index in [1.54, 1.807) is 7.11 Å². The molecule has 20 heavy (non-hydrogen) atoms. The van der Waals surface area contributed by atoms with Crippen LogP contribution in [0.1, 0.15) is 39.5 Å². The predicted molar refractivity (Wildman–Crippen MR) is 79.0 cm³/mol. The van der Waals surface area contributed by atoms with E-state index in [0.717, 1.165) is 38.9 Å². The number of ether oxygens (including phenoxy) is 3. The SMILES string of the molecule is COCCCOCCOC1CCC(CO)(NC(C)C)C1. The highest BCUT2D eigenvalue weighted by molar-refractivity contribution is 4.97. The van der Waals surface area contributed by atoms with Crippen LogP contribution in [0.5, 0.6) is 0 Å². The van der Waals surface area contributed by atoms with E-state index in [2.05, 4.69) is 19.2 Å². The molecule has 2 unspecified atom stereocenters. The molecule has 0 heterocycles. The van der Waals surface area contributed by atoms with Crippen molar-refractivity contribution in [3.05, 3.63) is 0 Å². The van der Waals surface area contributed by atoms with Gasteiger partial charge in [-0.05, 0) is 25.7 Å². The number of aliphatic hydroxyl groups excluding tert-OH is 1. The lowest BCUT2D eigenvalue weighted by molar-refractivity contribution is -0.000831. The maximum Gasteiger partial charge on any atom is 0.0704 e. The summed E-state index contributed by atoms with van der Waals surface area (Å²) in [6.45, 7) is 7.11. The highest BCUT2D eigenvalue weighted by Crippen LogP contribution is 2.32. The normalized spacial score (nSPS) is 26.6. The Labute approximate surface area is 123 Å². The van der Waals surface area contributed by atoms with Crippen molar-refractivity contribution < 1.29 is 19.3 Å². The Morgan fingerprint density at radius 3 is 2.70 bits per heavy atom. The minimum atomic E-state index is -0.155. The zero-order chi connectivity index (χ0) is 14.8. The maximum absolute atomic E-state index is 9.62. The number of methoxy groups -OCH3 is 1. The van der Waals surface area contributed by atoms with Crippen molar-refractivity contribution in [1.29, 1.82) is 0 Å². The van der Waals surface area contributed by atoms with E-state index in [0.29, 0.717) is 19.3 Å². The molecule has 0 saturated heterocycles. The Kier molecular flexibility index (Phi) is 8.64. The van der Waals surface area contributed by atoms with Gasteiger partial charge in [-0.2, -0.15) is 0 Å². The molecule has 5 heteroatoms. The minimum absolute atomic E-state index is 0.155. The van der Waals surface area contributed by atoms with Crippen molar-refractivity contribution in [1.82, 2.24) is 5.32 Å². The summed E-state index contributed by atoms with van der Waals surface area (Å²) in [5, 5.41) is 13.1. The summed E-state index contributed by atoms with van der Waals surface area (Å²) in [6.07, 6.45) is 4.01. The molecule has 0 aromatic carbocycles. The molecule has 1 saturated carbocycles. The van der Waals surface area contributed by atoms with Gasteiger partial charge in [0.15, 0.2) is 0 Å². The quantitative estimate of drug-likeness (QED) is 0.562. The first-order chi connectivity index (χ1) is 9.62. The lowest BCUT2D eigenvalue weighted by atomic mass is 9.97. The van der Waals surface area contributed by atoms with Crippen molar-refractivity contribution in [2.75, 3.05) is 40.1 Å². The first kappa shape index (κ1) is 17.9. The average molecular weight is 289 g/mol. The Morgan fingerprint density at radius 1 is 1.25 bits per heavy atom. The second kappa shape index (κ2) is 9.68. The zero-order valence-electron chi connectivity index (χ0n) is 13.2. The summed E-state index contributed by atoms with van der Waals surface area (Å²) >= 11 is 0. The maximum atomic E-state index is 9.62. The monoisotopic (exact) mass is 289 g/mol. The average Bonchev–Trinajstić information content (AvgIpc) is 2.81. The third-order valence-corrected chi connectivity index (χ3v) is 3.68. The third-order valence-electron chi connectivity index (χ3n) is 3.68. The van der Waals surface area contributed by atoms with E-state index < -0.39 is 0 Å². The van der Waals surface area contributed by atoms with Crippen LogP contribution in [-0.4, -0.2) is 62.9 Å². The van der Waals surface area contributed by atoms with E-state index in [4.69, 9.17) is 14.2 Å². The second-order valence-electron chi connectivity index (χ2n) is 5.93. The Morgan fingerprint density at radius 2 is 2.05 bits per heavy atom. The van der Waals surface area contributed by atoms with E-state index in [1.807, 2.05) is 0 Å². The largest absolute Gasteiger partial charge is 0.394 e. The minimum Gasteiger partial charge on any atom is -0.394 e. The Balaban J connectivity index is 2.11. The molecule has 0 spiro atoms. The molecule has 1 rings (SSSR count). The van der Waals surface area contributed by atoms with E-state index in [1.165, 1.54) is 0 Å². The molecule has 0 bridgehead atoms. The van der Waals surface area contributed by atoms with Gasteiger partial charge in [0.05, 0.1) is 25.9 Å². The molecule has 0 aliphatic heterocycles. The molecule has 5 nitrogen and oxygen atoms in total. The Hall–Kier alpha value is -0.200. The van der Waals surface area contributed by atoms with Gasteiger partial charge in [-0.3, -0.25) is 0 Å². The summed E-state index contributed by atoms with van der Waals surface area (Å²) in [6, 6.07) is 0.380. The summed E-state index contributed by atoms with van der Waals surface area (Å²) in [5.41, 5.74) is -0.155. The van der Waals surface area contributed by atoms with Gasteiger partial charge in [0.25, 0.3) is 0 Å². The third kappa shape index (κ3) is 6.50. The van der Waals surface area contributed by atoms with Crippen molar-refractivity contribution in [3.8, 4) is 0 Å². The van der Waals surface area contributed by atoms with Gasteiger partial charge in [-0.15, -0.1) is 0 Å². The highest BCUT2D eigenvalue weighted by atomic mass is 16.5. The van der Waals surface area contributed by atoms with Crippen molar-refractivity contribution in [2.45, 2.75) is 57.2 Å². The van der Waals surface area contributed by atoms with E-state index in [9.17, 15) is 5.11 Å². The fourth-order valence-electron chi connectivity index (χ4n) is 2.83. The van der Waals surface area contributed by atoms with E-state index in [-0.39, 0.29) is 18.2 Å². The number of rotatable bonds is 11. The van der Waals surface area contributed by atoms with Gasteiger partial charge >= 0.3 is 0 Å². The van der Waals surface area contributed by atoms with Crippen LogP contribution in [0.25, 0.3) is 0 Å². The fourth-order valence-corrected chi connectivity index (χ4v) is 2.83. The molecule has 0 aromatic rings. The highest BCUT2D eigenvalue weighted by Gasteiger charge is 2.39. The van der Waals surface area contributed by atoms with Gasteiger partial charge in [0, 0.05) is 31.9 Å². The van der Waals surface area contributed by atoms with Crippen LogP contribution in [-0.2, 0) is 14.2 Å². The molecule has 0 aromatic heterocycles. The van der Waals surface area contributed by atoms with Gasteiger partial charge < -0.3 is 24.6 Å². The summed E-state index contributed by atoms with van der Waals surface area (Å²) in [4.78, 5) is 0. The molecule has 1 fully saturated rings. The smallest absolute Gasteiger partial charge is 0.0704 e. The van der Waals surface area contributed by atoms with Gasteiger partial charge in [-0.25, -0.2) is 0 Å². The fraction of sp³-hybridized carbons (Fsp3) is 1.00. The second-order valence-corrected chi connectivity index (χ2v) is 5.93. The first-order valence-electron chi connectivity index (χ1n) is 7.69. The van der Waals surface area contributed by atoms with Crippen LogP contribution < -0.4 is 5.32 Å². The zero-order valence-corrected chi connectivity index (χ0v) is 13.2. The van der Waals surface area contributed by atoms with Gasteiger partial charge in [0.1, 0.15) is 0 Å². The van der Waals surface area contributed by atoms with Crippen LogP contribution in [0, 0.1) is 0 Å². The molecule has 0 amide bonds. The van der Waals surface area contributed by atoms with Crippen LogP contribution in [0.2, 0.25) is 0 Å². The van der Waals surface area contributed by atoms with Crippen LogP contribution in [0.4, 0.5) is 0 Å². The number of aliphatic hydroxyl groups is 1. The molecular formula is C15H31NO4. The first-order valence-corrected chi connectivity index (χ1v) is 7.69. The molecule has 2 N–H and O–H groups in total. The molecule has 120 valence electrons. The number of hydrogen-bond acceptors (Lipinski definition) is 5. The molecule has 1 aliphatic rings. The van der Waals surface area contributed by atoms with Crippen LogP contribution in [0.3, 0.4) is 0 Å². The summed E-state index contributed by atoms with van der Waals surface area (Å²) in [5.74, 6) is 0. The molecule has 1 aliphatic carbocycles. The standard InChI is InChI=1S/C15H31NO4/c1-13(2)16-15(12-17)6-5-14(11-15)20-10-9-19-8-4-7-18-3/h13-14,16-17H,4-12H2,1-3H3. The Bertz CT molecular complexity index is 250. The number of nitrogens with one attached hydrogen (secondary N) is 1.